The average Bonchev–Trinajstić information content (AvgIpc) is 3.68. The molecule has 3 aliphatic heterocycles. The molecule has 1 aromatic carbocycles. The van der Waals surface area contributed by atoms with Crippen LogP contribution in [0.1, 0.15) is 59.7 Å². The molecule has 2 aromatic rings. The first-order valence-corrected chi connectivity index (χ1v) is 16.5. The van der Waals surface area contributed by atoms with E-state index in [0.717, 1.165) is 17.8 Å². The number of halogens is 2. The number of hydrogen-bond donors (Lipinski definition) is 4. The number of alkyl halides is 2. The van der Waals surface area contributed by atoms with E-state index in [1.807, 2.05) is 0 Å². The third-order valence-electron chi connectivity index (χ3n) is 8.29. The molecule has 234 valence electrons. The predicted molar refractivity (Wildman–Crippen MR) is 152 cm³/mol. The molecule has 3 saturated heterocycles. The summed E-state index contributed by atoms with van der Waals surface area (Å²) < 4.78 is 45.4. The van der Waals surface area contributed by atoms with E-state index in [0.29, 0.717) is 42.2 Å². The fraction of sp³-hybridized carbons (Fsp3) is 0.556. The lowest BCUT2D eigenvalue weighted by molar-refractivity contribution is -0.143. The maximum absolute atomic E-state index is 14.6. The van der Waals surface area contributed by atoms with Gasteiger partial charge in [-0.25, -0.2) is 13.6 Å². The molecule has 4 amide bonds. The van der Waals surface area contributed by atoms with Gasteiger partial charge in [-0.3, -0.25) is 18.9 Å². The number of rotatable bonds is 6. The highest BCUT2D eigenvalue weighted by atomic mass is 32.1. The number of benzene rings is 1. The maximum atomic E-state index is 14.6. The van der Waals surface area contributed by atoms with E-state index >= 15 is 0 Å². The van der Waals surface area contributed by atoms with Gasteiger partial charge < -0.3 is 35.0 Å². The van der Waals surface area contributed by atoms with Gasteiger partial charge in [0.2, 0.25) is 17.7 Å². The minimum atomic E-state index is -5.00. The number of methoxy groups -OCH3 is 1. The average molecular weight is 643 g/mol. The minimum Gasteiger partial charge on any atom is -0.453 e. The second-order valence-electron chi connectivity index (χ2n) is 11.1. The van der Waals surface area contributed by atoms with Crippen molar-refractivity contribution in [3.8, 4) is 0 Å². The zero-order valence-electron chi connectivity index (χ0n) is 23.3. The summed E-state index contributed by atoms with van der Waals surface area (Å²) in [5, 5.41) is 5.88. The molecule has 2 unspecified atom stereocenters. The molecule has 0 radical (unpaired) electrons. The lowest BCUT2D eigenvalue weighted by atomic mass is 9.99. The molecule has 0 spiro atoms. The highest BCUT2D eigenvalue weighted by molar-refractivity contribution is 7.51. The number of carbonyl (C=O) groups excluding carboxylic acids is 4. The summed E-state index contributed by atoms with van der Waals surface area (Å²) in [6, 6.07) is 2.58. The number of carbonyl (C=O) groups is 4. The van der Waals surface area contributed by atoms with E-state index in [1.54, 1.807) is 0 Å². The van der Waals surface area contributed by atoms with E-state index in [9.17, 15) is 42.3 Å². The predicted octanol–water partition coefficient (Wildman–Crippen LogP) is 2.98. The Hall–Kier alpha value is -3.13. The van der Waals surface area contributed by atoms with Crippen LogP contribution in [-0.2, 0) is 18.9 Å². The van der Waals surface area contributed by atoms with Crippen molar-refractivity contribution in [1.29, 1.82) is 0 Å². The van der Waals surface area contributed by atoms with E-state index in [4.69, 9.17) is 0 Å². The Labute approximate surface area is 249 Å². The van der Waals surface area contributed by atoms with E-state index in [-0.39, 0.29) is 29.6 Å². The van der Waals surface area contributed by atoms with Crippen molar-refractivity contribution in [3.63, 3.8) is 0 Å². The molecule has 3 fully saturated rings. The van der Waals surface area contributed by atoms with Crippen LogP contribution in [0.5, 0.6) is 0 Å². The maximum Gasteiger partial charge on any atom is 0.409 e. The lowest BCUT2D eigenvalue weighted by Gasteiger charge is -2.35. The zero-order chi connectivity index (χ0) is 31.1. The van der Waals surface area contributed by atoms with Crippen LogP contribution in [0, 0.1) is 0 Å². The molecule has 0 bridgehead atoms. The Morgan fingerprint density at radius 3 is 2.56 bits per heavy atom. The van der Waals surface area contributed by atoms with Crippen LogP contribution in [0.4, 0.5) is 13.6 Å². The van der Waals surface area contributed by atoms with Crippen molar-refractivity contribution in [2.24, 2.45) is 0 Å². The van der Waals surface area contributed by atoms with Crippen molar-refractivity contribution in [3.05, 3.63) is 34.7 Å². The van der Waals surface area contributed by atoms with Crippen LogP contribution in [-0.4, -0.2) is 93.9 Å². The number of ether oxygens (including phenoxy) is 1. The normalized spacial score (nSPS) is 26.9. The van der Waals surface area contributed by atoms with Crippen molar-refractivity contribution < 1.29 is 47.0 Å². The largest absolute Gasteiger partial charge is 0.453 e. The van der Waals surface area contributed by atoms with Gasteiger partial charge in [-0.2, -0.15) is 0 Å². The molecule has 4 heterocycles. The third-order valence-corrected chi connectivity index (χ3v) is 10.3. The Kier molecular flexibility index (Phi) is 9.07. The number of amides is 4. The molecule has 12 nitrogen and oxygen atoms in total. The molecule has 6 atom stereocenters. The van der Waals surface area contributed by atoms with Gasteiger partial charge in [-0.15, -0.1) is 11.3 Å². The Morgan fingerprint density at radius 2 is 1.84 bits per heavy atom. The summed E-state index contributed by atoms with van der Waals surface area (Å²) in [4.78, 5) is 73.4. The summed E-state index contributed by atoms with van der Waals surface area (Å²) in [6.07, 6.45) is 1.32. The van der Waals surface area contributed by atoms with Crippen molar-refractivity contribution in [2.75, 3.05) is 20.2 Å². The summed E-state index contributed by atoms with van der Waals surface area (Å²) in [6.45, 7) is -0.261. The van der Waals surface area contributed by atoms with Gasteiger partial charge in [0, 0.05) is 17.3 Å². The first-order valence-electron chi connectivity index (χ1n) is 14.0. The highest BCUT2D eigenvalue weighted by Crippen LogP contribution is 2.53. The minimum absolute atomic E-state index is 0.0513. The second kappa shape index (κ2) is 12.5. The highest BCUT2D eigenvalue weighted by Gasteiger charge is 2.46. The zero-order valence-corrected chi connectivity index (χ0v) is 25.0. The molecule has 4 N–H and O–H groups in total. The Balaban J connectivity index is 1.29. The number of thiophene rings is 1. The topological polar surface area (TPSA) is 166 Å². The van der Waals surface area contributed by atoms with E-state index in [1.165, 1.54) is 41.2 Å². The first-order chi connectivity index (χ1) is 20.4. The number of fused-ring (bicyclic) bond motifs is 2. The molecule has 0 aliphatic carbocycles. The number of likely N-dealkylation sites (tertiary alicyclic amines) is 1. The molecule has 0 saturated carbocycles. The summed E-state index contributed by atoms with van der Waals surface area (Å²) in [5.74, 6) is -3.95. The summed E-state index contributed by atoms with van der Waals surface area (Å²) in [7, 11) is -3.81. The van der Waals surface area contributed by atoms with Crippen LogP contribution in [0.3, 0.4) is 0 Å². The van der Waals surface area contributed by atoms with Gasteiger partial charge in [0.1, 0.15) is 18.3 Å². The Bertz CT molecular complexity index is 1470. The van der Waals surface area contributed by atoms with Crippen molar-refractivity contribution >= 4 is 52.8 Å². The quantitative estimate of drug-likeness (QED) is 0.349. The van der Waals surface area contributed by atoms with Gasteiger partial charge in [0.05, 0.1) is 24.6 Å². The van der Waals surface area contributed by atoms with Crippen molar-refractivity contribution in [2.45, 2.75) is 74.8 Å². The Morgan fingerprint density at radius 1 is 1.09 bits per heavy atom. The standard InChI is InChI=1S/C27H33F2N4O8PS/c1-41-27(37)32-12-17(28)19(13-32)31-24(34)20-8-7-16-4-2-3-5-18(26(36)33(16)20)30-25(35)22-11-15-10-14(6-9-21(15)43-22)23(29)42(38,39)40/h6,9-11,16-20,23H,2-5,7-8,12-13H2,1H3,(H,30,35)(H,31,34)(H2,38,39,40)/t16-,17-,18-,19?,20-,23?/m0/s1. The third kappa shape index (κ3) is 6.54. The van der Waals surface area contributed by atoms with Gasteiger partial charge in [0.25, 0.3) is 5.91 Å². The lowest BCUT2D eigenvalue weighted by Crippen LogP contribution is -2.57. The van der Waals surface area contributed by atoms with Crippen LogP contribution in [0.2, 0.25) is 0 Å². The smallest absolute Gasteiger partial charge is 0.409 e. The molecule has 1 aromatic heterocycles. The van der Waals surface area contributed by atoms with Gasteiger partial charge in [0.15, 0.2) is 0 Å². The molecular formula is C27H33F2N4O8PS. The molecule has 16 heteroatoms. The van der Waals surface area contributed by atoms with Crippen LogP contribution in [0.15, 0.2) is 24.3 Å². The SMILES string of the molecule is COC(=O)N1CC(NC(=O)[C@@H]2CC[C@@H]3CCCC[C@H](NC(=O)c4cc5cc(C(F)P(=O)(O)O)ccc5s4)C(=O)N32)[C@@H](F)C1. The van der Waals surface area contributed by atoms with Crippen LogP contribution in [0.25, 0.3) is 10.1 Å². The summed E-state index contributed by atoms with van der Waals surface area (Å²) >= 11 is 1.09. The van der Waals surface area contributed by atoms with Gasteiger partial charge in [-0.05, 0) is 54.8 Å². The molecular weight excluding hydrogens is 609 g/mol. The fourth-order valence-corrected chi connectivity index (χ4v) is 7.62. The fourth-order valence-electron chi connectivity index (χ4n) is 6.13. The van der Waals surface area contributed by atoms with Crippen LogP contribution < -0.4 is 10.6 Å². The number of hydrogen-bond acceptors (Lipinski definition) is 7. The van der Waals surface area contributed by atoms with E-state index in [2.05, 4.69) is 15.4 Å². The van der Waals surface area contributed by atoms with Crippen molar-refractivity contribution in [1.82, 2.24) is 20.4 Å². The van der Waals surface area contributed by atoms with E-state index < -0.39 is 61.6 Å². The second-order valence-corrected chi connectivity index (χ2v) is 13.9. The number of nitrogens with zero attached hydrogens (tertiary/aromatic N) is 2. The first kappa shape index (κ1) is 31.3. The monoisotopic (exact) mass is 642 g/mol. The number of nitrogens with one attached hydrogen (secondary N) is 2. The van der Waals surface area contributed by atoms with Gasteiger partial charge in [-0.1, -0.05) is 18.9 Å². The molecule has 43 heavy (non-hydrogen) atoms. The molecule has 5 rings (SSSR count). The van der Waals surface area contributed by atoms with Crippen LogP contribution >= 0.6 is 18.9 Å². The molecule has 3 aliphatic rings. The summed E-state index contributed by atoms with van der Waals surface area (Å²) in [5.41, 5.74) is -0.208. The van der Waals surface area contributed by atoms with Gasteiger partial charge >= 0.3 is 13.7 Å².